The number of Topliss-reactive ketones (excluding diaryl/α,β-unsaturated/α-hetero) is 1. The minimum Gasteiger partial charge on any atom is -0.483 e. The van der Waals surface area contributed by atoms with Gasteiger partial charge in [-0.25, -0.2) is 17.9 Å². The Bertz CT molecular complexity index is 1230. The van der Waals surface area contributed by atoms with Gasteiger partial charge in [0.2, 0.25) is 15.5 Å². The zero-order chi connectivity index (χ0) is 27.3. The maximum atomic E-state index is 13.2. The van der Waals surface area contributed by atoms with E-state index in [-0.39, 0.29) is 42.8 Å². The first-order chi connectivity index (χ1) is 17.3. The number of hydrogen-bond acceptors (Lipinski definition) is 7. The minimum absolute atomic E-state index is 0.0754. The third-order valence-corrected chi connectivity index (χ3v) is 7.43. The van der Waals surface area contributed by atoms with E-state index >= 15 is 0 Å². The number of ketones is 1. The molecule has 1 fully saturated rings. The van der Waals surface area contributed by atoms with Gasteiger partial charge < -0.3 is 14.4 Å². The summed E-state index contributed by atoms with van der Waals surface area (Å²) in [5.41, 5.74) is -0.467. The van der Waals surface area contributed by atoms with Crippen molar-refractivity contribution in [3.8, 4) is 5.75 Å². The zero-order valence-electron chi connectivity index (χ0n) is 20.9. The number of ether oxygens (including phenoxy) is 2. The smallest absolute Gasteiger partial charge is 0.260 e. The summed E-state index contributed by atoms with van der Waals surface area (Å²) in [7, 11) is -4.26. The van der Waals surface area contributed by atoms with Crippen LogP contribution in [0.15, 0.2) is 42.5 Å². The molecule has 3 rings (SSSR count). The highest BCUT2D eigenvalue weighted by molar-refractivity contribution is 7.90. The molecule has 3 atom stereocenters. The molecule has 0 aromatic heterocycles. The van der Waals surface area contributed by atoms with Crippen LogP contribution >= 0.6 is 11.6 Å². The number of rotatable bonds is 10. The zero-order valence-corrected chi connectivity index (χ0v) is 22.5. The van der Waals surface area contributed by atoms with Gasteiger partial charge in [-0.05, 0) is 56.7 Å². The van der Waals surface area contributed by atoms with E-state index in [1.807, 2.05) is 13.8 Å². The predicted octanol–water partition coefficient (Wildman–Crippen LogP) is 2.70. The molecule has 1 saturated heterocycles. The first-order valence-corrected chi connectivity index (χ1v) is 13.7. The van der Waals surface area contributed by atoms with Crippen molar-refractivity contribution < 1.29 is 31.9 Å². The molecule has 2 aromatic rings. The van der Waals surface area contributed by atoms with E-state index < -0.39 is 21.2 Å². The highest BCUT2D eigenvalue weighted by atomic mass is 35.5. The Kier molecular flexibility index (Phi) is 9.65. The fraction of sp³-hybridized carbons (Fsp3) is 0.440. The van der Waals surface area contributed by atoms with Crippen LogP contribution in [0.3, 0.4) is 0 Å². The summed E-state index contributed by atoms with van der Waals surface area (Å²) in [6.07, 6.45) is 0. The lowest BCUT2D eigenvalue weighted by molar-refractivity contribution is -0.139. The highest BCUT2D eigenvalue weighted by Crippen LogP contribution is 2.25. The first-order valence-electron chi connectivity index (χ1n) is 11.7. The number of nitrogens with two attached hydrogens (primary N) is 1. The van der Waals surface area contributed by atoms with Crippen molar-refractivity contribution in [3.63, 3.8) is 0 Å². The molecule has 12 heteroatoms. The lowest BCUT2D eigenvalue weighted by Gasteiger charge is -2.44. The molecule has 1 aliphatic heterocycles. The van der Waals surface area contributed by atoms with E-state index in [0.717, 1.165) is 12.5 Å². The molecule has 1 aliphatic rings. The Balaban J connectivity index is 1.61. The van der Waals surface area contributed by atoms with E-state index in [1.54, 1.807) is 29.2 Å². The van der Waals surface area contributed by atoms with Crippen LogP contribution in [0.25, 0.3) is 0 Å². The Labute approximate surface area is 221 Å². The molecule has 0 spiro atoms. The van der Waals surface area contributed by atoms with Gasteiger partial charge in [0.25, 0.3) is 5.91 Å². The van der Waals surface area contributed by atoms with Crippen molar-refractivity contribution in [1.29, 1.82) is 0 Å². The monoisotopic (exact) mass is 555 g/mol. The van der Waals surface area contributed by atoms with Gasteiger partial charge in [-0.15, -0.1) is 0 Å². The summed E-state index contributed by atoms with van der Waals surface area (Å²) in [5.74, 6) is -0.984. The Morgan fingerprint density at radius 2 is 1.81 bits per heavy atom. The summed E-state index contributed by atoms with van der Waals surface area (Å²) in [6, 6.07) is 11.0. The molecule has 1 heterocycles. The molecule has 1 unspecified atom stereocenters. The number of carbonyl (C=O) groups is 2. The van der Waals surface area contributed by atoms with Gasteiger partial charge in [0.05, 0.1) is 6.61 Å². The van der Waals surface area contributed by atoms with Gasteiger partial charge in [-0.2, -0.15) is 0 Å². The first kappa shape index (κ1) is 29.0. The van der Waals surface area contributed by atoms with Crippen LogP contribution in [0.2, 0.25) is 5.02 Å². The SMILES string of the molecule is CC(=O)C(OCc1cc(Cl)ccc1OCC(=O)N1C[C@H](C)N(Cc2ccc(F)cc2)C[C@H]1C)S(N)(=O)=O. The number of piperazine rings is 1. The van der Waals surface area contributed by atoms with Gasteiger partial charge in [0.1, 0.15) is 11.6 Å². The lowest BCUT2D eigenvalue weighted by atomic mass is 10.1. The second-order valence-electron chi connectivity index (χ2n) is 9.18. The fourth-order valence-electron chi connectivity index (χ4n) is 4.22. The molecule has 0 saturated carbocycles. The maximum Gasteiger partial charge on any atom is 0.260 e. The third-order valence-electron chi connectivity index (χ3n) is 6.13. The van der Waals surface area contributed by atoms with Gasteiger partial charge in [-0.3, -0.25) is 14.5 Å². The average Bonchev–Trinajstić information content (AvgIpc) is 2.81. The van der Waals surface area contributed by atoms with Crippen molar-refractivity contribution in [2.45, 2.75) is 51.4 Å². The topological polar surface area (TPSA) is 119 Å². The number of hydrogen-bond donors (Lipinski definition) is 1. The fourth-order valence-corrected chi connectivity index (χ4v) is 5.14. The molecule has 0 radical (unpaired) electrons. The number of benzene rings is 2. The number of sulfonamides is 1. The Morgan fingerprint density at radius 1 is 1.14 bits per heavy atom. The van der Waals surface area contributed by atoms with Gasteiger partial charge in [-0.1, -0.05) is 23.7 Å². The quantitative estimate of drug-likeness (QED) is 0.478. The molecule has 0 aliphatic carbocycles. The summed E-state index contributed by atoms with van der Waals surface area (Å²) in [6.45, 7) is 6.26. The summed E-state index contributed by atoms with van der Waals surface area (Å²) < 4.78 is 47.5. The summed E-state index contributed by atoms with van der Waals surface area (Å²) in [4.78, 5) is 28.7. The molecule has 202 valence electrons. The summed E-state index contributed by atoms with van der Waals surface area (Å²) >= 11 is 6.06. The lowest BCUT2D eigenvalue weighted by Crippen LogP contribution is -2.58. The van der Waals surface area contributed by atoms with E-state index in [1.165, 1.54) is 18.2 Å². The Hall–Kier alpha value is -2.57. The standard InChI is InChI=1S/C25H31ClFN3O6S/c1-16-12-30(17(2)11-29(16)13-19-4-7-22(27)8-5-19)24(32)15-35-23-9-6-21(26)10-20(23)14-36-25(18(3)31)37(28,33)34/h4-10,16-17,25H,11-15H2,1-3H3,(H2,28,33,34)/t16-,17+,25?/m0/s1. The molecule has 0 bridgehead atoms. The van der Waals surface area contributed by atoms with Crippen LogP contribution in [0.4, 0.5) is 4.39 Å². The van der Waals surface area contributed by atoms with E-state index in [9.17, 15) is 22.4 Å². The molecule has 9 nitrogen and oxygen atoms in total. The Morgan fingerprint density at radius 3 is 2.43 bits per heavy atom. The van der Waals surface area contributed by atoms with E-state index in [0.29, 0.717) is 30.2 Å². The maximum absolute atomic E-state index is 13.2. The van der Waals surface area contributed by atoms with Crippen molar-refractivity contribution in [1.82, 2.24) is 9.80 Å². The number of nitrogens with zero attached hydrogens (tertiary/aromatic N) is 2. The predicted molar refractivity (Wildman–Crippen MR) is 137 cm³/mol. The van der Waals surface area contributed by atoms with Gasteiger partial charge in [0.15, 0.2) is 12.4 Å². The normalized spacial score (nSPS) is 19.5. The number of primary sulfonamides is 1. The second-order valence-corrected chi connectivity index (χ2v) is 11.2. The van der Waals surface area contributed by atoms with Crippen molar-refractivity contribution >= 4 is 33.3 Å². The van der Waals surface area contributed by atoms with Crippen LogP contribution in [0.5, 0.6) is 5.75 Å². The molecular weight excluding hydrogens is 525 g/mol. The molecule has 2 aromatic carbocycles. The van der Waals surface area contributed by atoms with E-state index in [4.69, 9.17) is 26.2 Å². The number of halogens is 2. The van der Waals surface area contributed by atoms with Crippen LogP contribution in [-0.2, 0) is 37.5 Å². The van der Waals surface area contributed by atoms with Crippen molar-refractivity contribution in [2.75, 3.05) is 19.7 Å². The van der Waals surface area contributed by atoms with Crippen LogP contribution in [0, 0.1) is 5.82 Å². The van der Waals surface area contributed by atoms with Gasteiger partial charge in [0, 0.05) is 42.3 Å². The molecular formula is C25H31ClFN3O6S. The molecule has 1 amide bonds. The van der Waals surface area contributed by atoms with Crippen LogP contribution in [-0.4, -0.2) is 67.1 Å². The van der Waals surface area contributed by atoms with Crippen LogP contribution in [0.1, 0.15) is 31.9 Å². The number of carbonyl (C=O) groups excluding carboxylic acids is 2. The third kappa shape index (κ3) is 7.96. The molecule has 2 N–H and O–H groups in total. The van der Waals surface area contributed by atoms with Crippen molar-refractivity contribution in [2.24, 2.45) is 5.14 Å². The largest absolute Gasteiger partial charge is 0.483 e. The average molecular weight is 556 g/mol. The van der Waals surface area contributed by atoms with Crippen LogP contribution < -0.4 is 9.88 Å². The second kappa shape index (κ2) is 12.3. The van der Waals surface area contributed by atoms with E-state index in [2.05, 4.69) is 4.90 Å². The highest BCUT2D eigenvalue weighted by Gasteiger charge is 2.32. The number of amides is 1. The van der Waals surface area contributed by atoms with Gasteiger partial charge >= 0.3 is 0 Å². The minimum atomic E-state index is -4.26. The van der Waals surface area contributed by atoms with Crippen molar-refractivity contribution in [3.05, 3.63) is 64.4 Å². The molecule has 37 heavy (non-hydrogen) atoms. The summed E-state index contributed by atoms with van der Waals surface area (Å²) in [5, 5.41) is 5.42.